The number of aliphatic imine (C=N–C) groups is 2. The van der Waals surface area contributed by atoms with E-state index < -0.39 is 28.3 Å². The summed E-state index contributed by atoms with van der Waals surface area (Å²) in [5.41, 5.74) is 9.04. The smallest absolute Gasteiger partial charge is 0.407 e. The molecule has 0 aromatic heterocycles. The number of hydrogen-bond donors (Lipinski definition) is 3. The van der Waals surface area contributed by atoms with Crippen molar-refractivity contribution in [2.45, 2.75) is 91.8 Å². The lowest BCUT2D eigenvalue weighted by Gasteiger charge is -2.22. The Bertz CT molecular complexity index is 1490. The van der Waals surface area contributed by atoms with E-state index in [1.807, 2.05) is 46.0 Å². The third-order valence-electron chi connectivity index (χ3n) is 6.18. The number of alkyl carbamates (subject to hydrolysis) is 2. The third kappa shape index (κ3) is 11.2. The van der Waals surface area contributed by atoms with Gasteiger partial charge >= 0.3 is 17.9 Å². The third-order valence-corrected chi connectivity index (χ3v) is 6.18. The Morgan fingerprint density at radius 1 is 0.826 bits per heavy atom. The minimum Gasteiger partial charge on any atom is -0.489 e. The van der Waals surface area contributed by atoms with Gasteiger partial charge in [0.15, 0.2) is 5.75 Å². The van der Waals surface area contributed by atoms with Crippen LogP contribution in [0.2, 0.25) is 0 Å². The number of nitro benzene ring substituents is 1. The number of benzene rings is 2. The number of nitrogens with two attached hydrogens (primary N) is 1. The van der Waals surface area contributed by atoms with Crippen LogP contribution in [0.3, 0.4) is 0 Å². The summed E-state index contributed by atoms with van der Waals surface area (Å²) in [7, 11) is 0. The Labute approximate surface area is 268 Å². The van der Waals surface area contributed by atoms with Crippen LogP contribution in [-0.4, -0.2) is 66.0 Å². The number of carbonyl (C=O) groups excluding carboxylic acids is 2. The number of nitrogens with zero attached hydrogens (tertiary/aromatic N) is 3. The highest BCUT2D eigenvalue weighted by molar-refractivity contribution is 5.87. The number of anilines is 1. The molecule has 4 rings (SSSR count). The van der Waals surface area contributed by atoms with Crippen LogP contribution in [0.4, 0.5) is 21.0 Å². The van der Waals surface area contributed by atoms with Gasteiger partial charge in [0.25, 0.3) is 0 Å². The highest BCUT2D eigenvalue weighted by Crippen LogP contribution is 2.32. The number of ether oxygens (including phenoxy) is 4. The zero-order valence-corrected chi connectivity index (χ0v) is 27.6. The van der Waals surface area contributed by atoms with E-state index in [1.54, 1.807) is 40.0 Å². The molecule has 2 aromatic carbocycles. The van der Waals surface area contributed by atoms with Crippen LogP contribution in [0, 0.1) is 10.1 Å². The van der Waals surface area contributed by atoms with E-state index in [9.17, 15) is 19.7 Å². The van der Waals surface area contributed by atoms with Gasteiger partial charge < -0.3 is 35.3 Å². The van der Waals surface area contributed by atoms with Crippen molar-refractivity contribution in [3.05, 3.63) is 56.6 Å². The first-order valence-corrected chi connectivity index (χ1v) is 14.9. The molecule has 0 radical (unpaired) electrons. The fraction of sp³-hybridized carbons (Fsp3) is 0.500. The molecular weight excluding hydrogens is 596 g/mol. The maximum atomic E-state index is 11.7. The van der Waals surface area contributed by atoms with Gasteiger partial charge in [-0.3, -0.25) is 20.1 Å². The zero-order valence-electron chi connectivity index (χ0n) is 27.6. The number of nitrogens with one attached hydrogen (secondary N) is 2. The molecule has 2 heterocycles. The van der Waals surface area contributed by atoms with Gasteiger partial charge in [-0.25, -0.2) is 9.59 Å². The number of carbonyl (C=O) groups is 2. The number of nitrogen functional groups attached to an aromatic ring is 1. The number of nitro groups is 1. The fourth-order valence-corrected chi connectivity index (χ4v) is 4.20. The van der Waals surface area contributed by atoms with Gasteiger partial charge in [0.1, 0.15) is 30.2 Å². The molecule has 0 saturated heterocycles. The van der Waals surface area contributed by atoms with E-state index >= 15 is 0 Å². The topological polar surface area (TPSA) is 189 Å². The van der Waals surface area contributed by atoms with Crippen molar-refractivity contribution in [1.82, 2.24) is 10.6 Å². The fourth-order valence-electron chi connectivity index (χ4n) is 4.20. The lowest BCUT2D eigenvalue weighted by atomic mass is 10.1. The van der Waals surface area contributed by atoms with Gasteiger partial charge in [-0.2, -0.15) is 0 Å². The molecule has 0 fully saturated rings. The Balaban J connectivity index is 0.000000251. The molecule has 14 nitrogen and oxygen atoms in total. The second-order valence-corrected chi connectivity index (χ2v) is 13.0. The van der Waals surface area contributed by atoms with Crippen molar-refractivity contribution in [3.63, 3.8) is 0 Å². The summed E-state index contributed by atoms with van der Waals surface area (Å²) in [5.74, 6) is 0.782. The van der Waals surface area contributed by atoms with Crippen molar-refractivity contribution in [3.8, 4) is 11.5 Å². The Morgan fingerprint density at radius 2 is 1.26 bits per heavy atom. The molecule has 2 aromatic rings. The number of amides is 2. The molecule has 14 heteroatoms. The molecule has 0 spiro atoms. The minimum atomic E-state index is -0.594. The van der Waals surface area contributed by atoms with Crippen molar-refractivity contribution in [1.29, 1.82) is 0 Å². The average Bonchev–Trinajstić information content (AvgIpc) is 3.56. The highest BCUT2D eigenvalue weighted by Gasteiger charge is 2.23. The van der Waals surface area contributed by atoms with Crippen LogP contribution in [0.15, 0.2) is 34.3 Å². The standard InChI is InChI=1S/C16H21N3O5.C16H23N3O3/c1-10(18-15(20)24-16(2,3)4)9-23-14-6-12-8-17-7-11(12)5-13(14)19(21)22;1-10(19-15(20)22-16(2,3)4)9-21-14-6-12-8-18-7-11(12)5-13(14)17/h5-7,10H,8-9H2,1-4H3,(H,18,20);5-7,10H,8-9,17H2,1-4H3,(H,19,20)/t2*10-/m11/s1. The highest BCUT2D eigenvalue weighted by atomic mass is 16.6. The first-order chi connectivity index (χ1) is 21.4. The molecule has 2 aliphatic heterocycles. The van der Waals surface area contributed by atoms with Gasteiger partial charge in [0.05, 0.1) is 35.8 Å². The molecule has 0 unspecified atom stereocenters. The second-order valence-electron chi connectivity index (χ2n) is 13.0. The normalized spacial score (nSPS) is 14.2. The largest absolute Gasteiger partial charge is 0.489 e. The quantitative estimate of drug-likeness (QED) is 0.185. The van der Waals surface area contributed by atoms with Crippen LogP contribution < -0.4 is 25.8 Å². The maximum absolute atomic E-state index is 11.7. The summed E-state index contributed by atoms with van der Waals surface area (Å²) in [6, 6.07) is 6.27. The molecule has 250 valence electrons. The first-order valence-electron chi connectivity index (χ1n) is 14.9. The Kier molecular flexibility index (Phi) is 11.6. The Hall–Kier alpha value is -4.88. The van der Waals surface area contributed by atoms with Crippen LogP contribution in [0.25, 0.3) is 0 Å². The lowest BCUT2D eigenvalue weighted by Crippen LogP contribution is -2.40. The predicted octanol–water partition coefficient (Wildman–Crippen LogP) is 5.31. The van der Waals surface area contributed by atoms with Crippen molar-refractivity contribution in [2.24, 2.45) is 9.98 Å². The summed E-state index contributed by atoms with van der Waals surface area (Å²) in [6.45, 7) is 15.9. The number of rotatable bonds is 9. The predicted molar refractivity (Wildman–Crippen MR) is 175 cm³/mol. The van der Waals surface area contributed by atoms with Gasteiger partial charge in [-0.05, 0) is 90.3 Å². The molecule has 0 saturated carbocycles. The molecule has 0 aliphatic carbocycles. The summed E-state index contributed by atoms with van der Waals surface area (Å²) in [6.07, 6.45) is 2.40. The molecule has 2 aliphatic rings. The summed E-state index contributed by atoms with van der Waals surface area (Å²) in [4.78, 5) is 42.3. The van der Waals surface area contributed by atoms with Gasteiger partial charge in [0, 0.05) is 24.1 Å². The molecule has 4 N–H and O–H groups in total. The van der Waals surface area contributed by atoms with E-state index in [0.717, 1.165) is 22.3 Å². The molecule has 46 heavy (non-hydrogen) atoms. The van der Waals surface area contributed by atoms with Crippen LogP contribution in [-0.2, 0) is 22.6 Å². The van der Waals surface area contributed by atoms with Crippen LogP contribution >= 0.6 is 0 Å². The van der Waals surface area contributed by atoms with E-state index in [0.29, 0.717) is 31.1 Å². The van der Waals surface area contributed by atoms with Crippen molar-refractivity contribution in [2.75, 3.05) is 18.9 Å². The summed E-state index contributed by atoms with van der Waals surface area (Å²) < 4.78 is 21.6. The van der Waals surface area contributed by atoms with E-state index in [1.165, 1.54) is 6.07 Å². The number of hydrogen-bond acceptors (Lipinski definition) is 11. The van der Waals surface area contributed by atoms with E-state index in [2.05, 4.69) is 20.6 Å². The molecule has 2 atom stereocenters. The lowest BCUT2D eigenvalue weighted by molar-refractivity contribution is -0.385. The number of fused-ring (bicyclic) bond motifs is 2. The van der Waals surface area contributed by atoms with Gasteiger partial charge in [-0.15, -0.1) is 0 Å². The second kappa shape index (κ2) is 14.9. The average molecular weight is 641 g/mol. The molecule has 2 amide bonds. The van der Waals surface area contributed by atoms with Gasteiger partial charge in [0.2, 0.25) is 0 Å². The monoisotopic (exact) mass is 640 g/mol. The van der Waals surface area contributed by atoms with Crippen LogP contribution in [0.5, 0.6) is 11.5 Å². The first kappa shape index (κ1) is 35.6. The molecule has 0 bridgehead atoms. The van der Waals surface area contributed by atoms with Crippen molar-refractivity contribution >= 4 is 36.0 Å². The van der Waals surface area contributed by atoms with Crippen molar-refractivity contribution < 1.29 is 33.5 Å². The maximum Gasteiger partial charge on any atom is 0.407 e. The molecular formula is C32H44N6O8. The summed E-state index contributed by atoms with van der Waals surface area (Å²) >= 11 is 0. The van der Waals surface area contributed by atoms with E-state index in [4.69, 9.17) is 24.7 Å². The van der Waals surface area contributed by atoms with Gasteiger partial charge in [-0.1, -0.05) is 0 Å². The Morgan fingerprint density at radius 3 is 1.72 bits per heavy atom. The minimum absolute atomic E-state index is 0.0831. The van der Waals surface area contributed by atoms with Crippen LogP contribution in [0.1, 0.15) is 77.6 Å². The summed E-state index contributed by atoms with van der Waals surface area (Å²) in [5, 5.41) is 16.5. The SMILES string of the molecule is C[C@H](COc1cc2c(cc1N)C=NC2)NC(=O)OC(C)(C)C.C[C@H](COc1cc2c(cc1[N+](=O)[O-])C=NC2)NC(=O)OC(C)(C)C. The van der Waals surface area contributed by atoms with E-state index in [-0.39, 0.29) is 30.1 Å². The zero-order chi connectivity index (χ0) is 34.2.